The molecular formula is C13H21FN2. The molecule has 0 aliphatic heterocycles. The molecule has 1 aromatic carbocycles. The average Bonchev–Trinajstić information content (AvgIpc) is 2.18. The molecule has 0 spiro atoms. The van der Waals surface area contributed by atoms with Crippen LogP contribution in [0.3, 0.4) is 0 Å². The predicted molar refractivity (Wildman–Crippen MR) is 65.8 cm³/mol. The van der Waals surface area contributed by atoms with Crippen LogP contribution in [0.5, 0.6) is 0 Å². The van der Waals surface area contributed by atoms with Crippen LogP contribution in [0.1, 0.15) is 30.5 Å². The molecule has 90 valence electrons. The van der Waals surface area contributed by atoms with E-state index in [9.17, 15) is 4.39 Å². The highest BCUT2D eigenvalue weighted by Gasteiger charge is 2.16. The maximum absolute atomic E-state index is 13.2. The van der Waals surface area contributed by atoms with Gasteiger partial charge in [-0.2, -0.15) is 0 Å². The summed E-state index contributed by atoms with van der Waals surface area (Å²) >= 11 is 0. The minimum Gasteiger partial charge on any atom is -0.328 e. The Hall–Kier alpha value is -0.930. The molecule has 0 aromatic heterocycles. The molecule has 0 aliphatic carbocycles. The normalized spacial score (nSPS) is 15.2. The van der Waals surface area contributed by atoms with Gasteiger partial charge in [-0.1, -0.05) is 12.1 Å². The van der Waals surface area contributed by atoms with Gasteiger partial charge in [0.1, 0.15) is 5.82 Å². The Kier molecular flexibility index (Phi) is 4.44. The van der Waals surface area contributed by atoms with Crippen molar-refractivity contribution in [2.24, 2.45) is 5.73 Å². The second-order valence-corrected chi connectivity index (χ2v) is 4.70. The monoisotopic (exact) mass is 224 g/mol. The second kappa shape index (κ2) is 5.41. The van der Waals surface area contributed by atoms with Gasteiger partial charge in [0.05, 0.1) is 0 Å². The molecule has 2 N–H and O–H groups in total. The molecule has 0 aliphatic rings. The zero-order chi connectivity index (χ0) is 12.3. The van der Waals surface area contributed by atoms with Crippen LogP contribution in [0.15, 0.2) is 18.2 Å². The van der Waals surface area contributed by atoms with Crippen molar-refractivity contribution in [3.63, 3.8) is 0 Å². The van der Waals surface area contributed by atoms with E-state index in [1.54, 1.807) is 6.92 Å². The first-order chi connectivity index (χ1) is 7.41. The Balaban J connectivity index is 2.97. The number of halogens is 1. The van der Waals surface area contributed by atoms with Crippen molar-refractivity contribution in [1.82, 2.24) is 4.90 Å². The lowest BCUT2D eigenvalue weighted by atomic mass is 9.98. The Labute approximate surface area is 97.3 Å². The molecule has 16 heavy (non-hydrogen) atoms. The molecule has 0 fully saturated rings. The van der Waals surface area contributed by atoms with Crippen molar-refractivity contribution in [2.45, 2.75) is 32.4 Å². The van der Waals surface area contributed by atoms with Gasteiger partial charge in [-0.05, 0) is 51.6 Å². The lowest BCUT2D eigenvalue weighted by Crippen LogP contribution is -2.27. The van der Waals surface area contributed by atoms with Crippen molar-refractivity contribution >= 4 is 0 Å². The van der Waals surface area contributed by atoms with Crippen molar-refractivity contribution in [2.75, 3.05) is 14.1 Å². The Bertz CT molecular complexity index is 348. The maximum atomic E-state index is 13.2. The number of rotatable bonds is 4. The van der Waals surface area contributed by atoms with Crippen molar-refractivity contribution in [1.29, 1.82) is 0 Å². The molecule has 0 heterocycles. The topological polar surface area (TPSA) is 29.3 Å². The van der Waals surface area contributed by atoms with E-state index in [4.69, 9.17) is 5.73 Å². The molecule has 2 atom stereocenters. The summed E-state index contributed by atoms with van der Waals surface area (Å²) < 4.78 is 13.2. The van der Waals surface area contributed by atoms with Crippen LogP contribution in [-0.2, 0) is 0 Å². The minimum absolute atomic E-state index is 0.137. The zero-order valence-corrected chi connectivity index (χ0v) is 10.5. The largest absolute Gasteiger partial charge is 0.328 e. The first kappa shape index (κ1) is 13.1. The standard InChI is InChI=1S/C13H21FN2/c1-9-7-11(5-6-12(9)14)13(16(3)4)8-10(2)15/h5-7,10,13H,8,15H2,1-4H3. The molecular weight excluding hydrogens is 203 g/mol. The van der Waals surface area contributed by atoms with E-state index in [1.165, 1.54) is 6.07 Å². The van der Waals surface area contributed by atoms with Crippen LogP contribution in [0.2, 0.25) is 0 Å². The third-order valence-corrected chi connectivity index (χ3v) is 2.79. The van der Waals surface area contributed by atoms with E-state index in [0.717, 1.165) is 12.0 Å². The average molecular weight is 224 g/mol. The number of aryl methyl sites for hydroxylation is 1. The summed E-state index contributed by atoms with van der Waals surface area (Å²) in [7, 11) is 4.04. The zero-order valence-electron chi connectivity index (χ0n) is 10.5. The summed E-state index contributed by atoms with van der Waals surface area (Å²) in [5.41, 5.74) is 7.65. The molecule has 0 saturated carbocycles. The first-order valence-electron chi connectivity index (χ1n) is 5.60. The van der Waals surface area contributed by atoms with Crippen molar-refractivity contribution in [3.05, 3.63) is 35.1 Å². The van der Waals surface area contributed by atoms with Gasteiger partial charge in [0, 0.05) is 12.1 Å². The molecule has 0 saturated heterocycles. The van der Waals surface area contributed by atoms with Gasteiger partial charge in [-0.3, -0.25) is 0 Å². The maximum Gasteiger partial charge on any atom is 0.126 e. The fraction of sp³-hybridized carbons (Fsp3) is 0.538. The van der Waals surface area contributed by atoms with E-state index in [2.05, 4.69) is 4.90 Å². The van der Waals surface area contributed by atoms with E-state index in [1.807, 2.05) is 33.2 Å². The lowest BCUT2D eigenvalue weighted by molar-refractivity contribution is 0.272. The number of nitrogens with zero attached hydrogens (tertiary/aromatic N) is 1. The number of hydrogen-bond donors (Lipinski definition) is 1. The van der Waals surface area contributed by atoms with Gasteiger partial charge in [0.2, 0.25) is 0 Å². The quantitative estimate of drug-likeness (QED) is 0.851. The summed E-state index contributed by atoms with van der Waals surface area (Å²) in [5.74, 6) is -0.151. The van der Waals surface area contributed by atoms with E-state index in [0.29, 0.717) is 5.56 Å². The van der Waals surface area contributed by atoms with Gasteiger partial charge in [-0.15, -0.1) is 0 Å². The highest BCUT2D eigenvalue weighted by molar-refractivity contribution is 5.26. The van der Waals surface area contributed by atoms with Crippen LogP contribution in [0, 0.1) is 12.7 Å². The van der Waals surface area contributed by atoms with Crippen LogP contribution in [0.25, 0.3) is 0 Å². The van der Waals surface area contributed by atoms with E-state index in [-0.39, 0.29) is 17.9 Å². The van der Waals surface area contributed by atoms with Crippen LogP contribution in [-0.4, -0.2) is 25.0 Å². The highest BCUT2D eigenvalue weighted by Crippen LogP contribution is 2.24. The van der Waals surface area contributed by atoms with Gasteiger partial charge < -0.3 is 10.6 Å². The molecule has 0 bridgehead atoms. The molecule has 2 nitrogen and oxygen atoms in total. The molecule has 0 amide bonds. The van der Waals surface area contributed by atoms with Crippen LogP contribution < -0.4 is 5.73 Å². The number of benzene rings is 1. The fourth-order valence-corrected chi connectivity index (χ4v) is 1.87. The van der Waals surface area contributed by atoms with E-state index < -0.39 is 0 Å². The minimum atomic E-state index is -0.151. The van der Waals surface area contributed by atoms with Crippen LogP contribution >= 0.6 is 0 Å². The highest BCUT2D eigenvalue weighted by atomic mass is 19.1. The Morgan fingerprint density at radius 1 is 1.38 bits per heavy atom. The van der Waals surface area contributed by atoms with Gasteiger partial charge >= 0.3 is 0 Å². The summed E-state index contributed by atoms with van der Waals surface area (Å²) in [4.78, 5) is 2.12. The molecule has 1 aromatic rings. The third kappa shape index (κ3) is 3.29. The summed E-state index contributed by atoms with van der Waals surface area (Å²) in [6, 6.07) is 5.66. The van der Waals surface area contributed by atoms with Gasteiger partial charge in [0.15, 0.2) is 0 Å². The van der Waals surface area contributed by atoms with Crippen molar-refractivity contribution < 1.29 is 4.39 Å². The Morgan fingerprint density at radius 2 is 2.00 bits per heavy atom. The molecule has 1 rings (SSSR count). The predicted octanol–water partition coefficient (Wildman–Crippen LogP) is 2.47. The van der Waals surface area contributed by atoms with Gasteiger partial charge in [-0.25, -0.2) is 4.39 Å². The summed E-state index contributed by atoms with van der Waals surface area (Å²) in [6.45, 7) is 3.78. The Morgan fingerprint density at radius 3 is 2.44 bits per heavy atom. The summed E-state index contributed by atoms with van der Waals surface area (Å²) in [6.07, 6.45) is 0.873. The number of hydrogen-bond acceptors (Lipinski definition) is 2. The third-order valence-electron chi connectivity index (χ3n) is 2.79. The van der Waals surface area contributed by atoms with Crippen molar-refractivity contribution in [3.8, 4) is 0 Å². The second-order valence-electron chi connectivity index (χ2n) is 4.70. The summed E-state index contributed by atoms with van der Waals surface area (Å²) in [5, 5.41) is 0. The number of nitrogens with two attached hydrogens (primary N) is 1. The SMILES string of the molecule is Cc1cc(C(CC(C)N)N(C)C)ccc1F. The lowest BCUT2D eigenvalue weighted by Gasteiger charge is -2.26. The van der Waals surface area contributed by atoms with E-state index >= 15 is 0 Å². The fourth-order valence-electron chi connectivity index (χ4n) is 1.87. The van der Waals surface area contributed by atoms with Gasteiger partial charge in [0.25, 0.3) is 0 Å². The first-order valence-corrected chi connectivity index (χ1v) is 5.60. The molecule has 3 heteroatoms. The van der Waals surface area contributed by atoms with Crippen LogP contribution in [0.4, 0.5) is 4.39 Å². The smallest absolute Gasteiger partial charge is 0.126 e. The molecule has 2 unspecified atom stereocenters. The molecule has 0 radical (unpaired) electrons.